The van der Waals surface area contributed by atoms with Crippen molar-refractivity contribution in [3.8, 4) is 5.75 Å². The molecular formula is C22H26N6O3. The molecule has 1 aliphatic heterocycles. The number of rotatable bonds is 6. The topological polar surface area (TPSA) is 110 Å². The fourth-order valence-corrected chi connectivity index (χ4v) is 3.64. The highest BCUT2D eigenvalue weighted by Gasteiger charge is 2.33. The van der Waals surface area contributed by atoms with E-state index in [0.29, 0.717) is 23.8 Å². The van der Waals surface area contributed by atoms with Crippen LogP contribution in [0.3, 0.4) is 0 Å². The molecule has 2 aliphatic rings. The van der Waals surface area contributed by atoms with Gasteiger partial charge in [-0.2, -0.15) is 14.8 Å². The van der Waals surface area contributed by atoms with Gasteiger partial charge in [-0.25, -0.2) is 9.79 Å². The van der Waals surface area contributed by atoms with E-state index in [9.17, 15) is 9.59 Å². The number of nitrogens with one attached hydrogen (secondary N) is 2. The summed E-state index contributed by atoms with van der Waals surface area (Å²) in [6.07, 6.45) is 4.59. The lowest BCUT2D eigenvalue weighted by molar-refractivity contribution is -0.119. The summed E-state index contributed by atoms with van der Waals surface area (Å²) in [7, 11) is 0. The second-order valence-electron chi connectivity index (χ2n) is 7.69. The smallest absolute Gasteiger partial charge is 0.324 e. The largest absolute Gasteiger partial charge is 0.494 e. The minimum atomic E-state index is -0.435. The van der Waals surface area contributed by atoms with E-state index in [1.807, 2.05) is 12.1 Å². The molecule has 3 amide bonds. The minimum Gasteiger partial charge on any atom is -0.494 e. The second-order valence-corrected chi connectivity index (χ2v) is 7.69. The van der Waals surface area contributed by atoms with E-state index in [4.69, 9.17) is 4.74 Å². The quantitative estimate of drug-likeness (QED) is 0.686. The van der Waals surface area contributed by atoms with Gasteiger partial charge >= 0.3 is 6.03 Å². The number of carbonyl (C=O) groups is 2. The summed E-state index contributed by atoms with van der Waals surface area (Å²) >= 11 is 0. The number of unbranched alkanes of at least 4 members (excludes halogenated alkanes) is 1. The van der Waals surface area contributed by atoms with Crippen LogP contribution in [0, 0.1) is 12.8 Å². The third-order valence-electron chi connectivity index (χ3n) is 5.22. The highest BCUT2D eigenvalue weighted by Crippen LogP contribution is 2.27. The van der Waals surface area contributed by atoms with Crippen molar-refractivity contribution in [2.45, 2.75) is 46.0 Å². The summed E-state index contributed by atoms with van der Waals surface area (Å²) in [5.74, 6) is 0.950. The van der Waals surface area contributed by atoms with Crippen LogP contribution in [0.1, 0.15) is 44.7 Å². The number of nitrogens with zero attached hydrogens (tertiary/aromatic N) is 4. The third-order valence-corrected chi connectivity index (χ3v) is 5.22. The minimum absolute atomic E-state index is 0.190. The lowest BCUT2D eigenvalue weighted by Crippen LogP contribution is -2.29. The Morgan fingerprint density at radius 2 is 2.03 bits per heavy atom. The van der Waals surface area contributed by atoms with Crippen LogP contribution in [0.15, 0.2) is 40.3 Å². The second kappa shape index (κ2) is 9.11. The first-order valence-electron chi connectivity index (χ1n) is 10.6. The van der Waals surface area contributed by atoms with Crippen molar-refractivity contribution >= 4 is 35.1 Å². The Hall–Kier alpha value is -3.49. The summed E-state index contributed by atoms with van der Waals surface area (Å²) in [6.45, 7) is 4.58. The van der Waals surface area contributed by atoms with Crippen LogP contribution in [0.4, 0.5) is 16.3 Å². The third kappa shape index (κ3) is 4.82. The number of urea groups is 1. The van der Waals surface area contributed by atoms with E-state index in [1.165, 1.54) is 4.68 Å². The fourth-order valence-electron chi connectivity index (χ4n) is 3.64. The maximum atomic E-state index is 12.5. The maximum absolute atomic E-state index is 12.5. The number of hydrogen-bond acceptors (Lipinski definition) is 5. The van der Waals surface area contributed by atoms with Crippen LogP contribution in [0.2, 0.25) is 0 Å². The van der Waals surface area contributed by atoms with Crippen LogP contribution >= 0.6 is 0 Å². The average Bonchev–Trinajstić information content (AvgIpc) is 3.36. The monoisotopic (exact) mass is 422 g/mol. The molecule has 2 aromatic rings. The predicted octanol–water partition coefficient (Wildman–Crippen LogP) is 4.00. The van der Waals surface area contributed by atoms with Crippen molar-refractivity contribution in [2.24, 2.45) is 15.9 Å². The van der Waals surface area contributed by atoms with E-state index in [2.05, 4.69) is 32.6 Å². The molecule has 1 atom stereocenters. The molecule has 9 nitrogen and oxygen atoms in total. The van der Waals surface area contributed by atoms with Crippen LogP contribution in [0.5, 0.6) is 5.75 Å². The number of aromatic nitrogens is 2. The molecule has 2 N–H and O–H groups in total. The number of aliphatic imine (C=N–C) groups is 2. The van der Waals surface area contributed by atoms with Crippen molar-refractivity contribution in [2.75, 3.05) is 17.2 Å². The van der Waals surface area contributed by atoms with Crippen molar-refractivity contribution in [1.29, 1.82) is 0 Å². The molecular weight excluding hydrogens is 396 g/mol. The van der Waals surface area contributed by atoms with Gasteiger partial charge in [0.2, 0.25) is 0 Å². The van der Waals surface area contributed by atoms with Gasteiger partial charge in [0, 0.05) is 17.5 Å². The number of anilines is 2. The Bertz CT molecular complexity index is 1040. The number of fused-ring (bicyclic) bond motifs is 1. The van der Waals surface area contributed by atoms with Crippen molar-refractivity contribution in [3.05, 3.63) is 36.0 Å². The molecule has 1 aromatic carbocycles. The Morgan fingerprint density at radius 1 is 1.23 bits per heavy atom. The van der Waals surface area contributed by atoms with E-state index >= 15 is 0 Å². The van der Waals surface area contributed by atoms with Crippen molar-refractivity contribution in [3.63, 3.8) is 0 Å². The van der Waals surface area contributed by atoms with Gasteiger partial charge in [-0.3, -0.25) is 10.1 Å². The fraction of sp³-hybridized carbons (Fsp3) is 0.409. The van der Waals surface area contributed by atoms with Gasteiger partial charge in [0.05, 0.1) is 18.2 Å². The predicted molar refractivity (Wildman–Crippen MR) is 119 cm³/mol. The van der Waals surface area contributed by atoms with Crippen molar-refractivity contribution < 1.29 is 14.3 Å². The number of benzene rings is 1. The number of ether oxygens (including phenoxy) is 1. The van der Waals surface area contributed by atoms with Gasteiger partial charge in [0.15, 0.2) is 0 Å². The molecule has 1 unspecified atom stereocenters. The zero-order valence-electron chi connectivity index (χ0n) is 17.7. The van der Waals surface area contributed by atoms with Gasteiger partial charge in [0.25, 0.3) is 11.9 Å². The summed E-state index contributed by atoms with van der Waals surface area (Å²) in [5.41, 5.74) is 2.15. The first-order chi connectivity index (χ1) is 15.0. The molecule has 162 valence electrons. The molecule has 0 spiro atoms. The van der Waals surface area contributed by atoms with Crippen LogP contribution in [0.25, 0.3) is 0 Å². The van der Waals surface area contributed by atoms with Gasteiger partial charge in [-0.15, -0.1) is 0 Å². The van der Waals surface area contributed by atoms with Crippen LogP contribution in [-0.2, 0) is 4.79 Å². The van der Waals surface area contributed by atoms with E-state index < -0.39 is 6.03 Å². The summed E-state index contributed by atoms with van der Waals surface area (Å²) < 4.78 is 7.03. The first-order valence-corrected chi connectivity index (χ1v) is 10.6. The number of amides is 3. The first kappa shape index (κ1) is 20.8. The molecule has 9 heteroatoms. The molecule has 1 saturated carbocycles. The molecule has 4 rings (SSSR count). The lowest BCUT2D eigenvalue weighted by atomic mass is 10.1. The molecule has 0 bridgehead atoms. The van der Waals surface area contributed by atoms with Gasteiger partial charge in [-0.05, 0) is 56.9 Å². The summed E-state index contributed by atoms with van der Waals surface area (Å²) in [6, 6.07) is 8.46. The maximum Gasteiger partial charge on any atom is 0.324 e. The highest BCUT2D eigenvalue weighted by atomic mass is 16.5. The van der Waals surface area contributed by atoms with Gasteiger partial charge in [0.1, 0.15) is 11.6 Å². The Morgan fingerprint density at radius 3 is 2.81 bits per heavy atom. The number of carbonyl (C=O) groups excluding carboxylic acids is 2. The van der Waals surface area contributed by atoms with E-state index in [0.717, 1.165) is 43.6 Å². The lowest BCUT2D eigenvalue weighted by Gasteiger charge is -2.15. The Balaban J connectivity index is 1.43. The van der Waals surface area contributed by atoms with E-state index in [-0.39, 0.29) is 17.8 Å². The molecule has 1 fully saturated rings. The van der Waals surface area contributed by atoms with Gasteiger partial charge < -0.3 is 10.1 Å². The zero-order valence-corrected chi connectivity index (χ0v) is 17.7. The standard InChI is InChI=1S/C22H26N6O3/c1-3-4-12-31-16-10-8-15(9-11-16)23-22(30)25-19-13-14(2)27-28(19)21-24-18-7-5-6-17(18)20(29)26-21/h8-11,13,17H,3-7,12H2,1-2H3,(H2,23,25,30). The van der Waals surface area contributed by atoms with Crippen LogP contribution in [-0.4, -0.2) is 40.0 Å². The Kier molecular flexibility index (Phi) is 6.11. The van der Waals surface area contributed by atoms with E-state index in [1.54, 1.807) is 25.1 Å². The summed E-state index contributed by atoms with van der Waals surface area (Å²) in [5, 5.41) is 9.90. The molecule has 2 heterocycles. The SMILES string of the molecule is CCCCOc1ccc(NC(=O)Nc2cc(C)nn2C2=NC(=O)C3CCCC3=N2)cc1. The molecule has 1 aromatic heterocycles. The summed E-state index contributed by atoms with van der Waals surface area (Å²) in [4.78, 5) is 33.5. The number of hydrogen-bond donors (Lipinski definition) is 2. The molecule has 0 radical (unpaired) electrons. The zero-order chi connectivity index (χ0) is 21.8. The Labute approximate surface area is 180 Å². The van der Waals surface area contributed by atoms with Crippen molar-refractivity contribution in [1.82, 2.24) is 9.78 Å². The average molecular weight is 422 g/mol. The van der Waals surface area contributed by atoms with Gasteiger partial charge in [-0.1, -0.05) is 13.3 Å². The molecule has 0 saturated heterocycles. The molecule has 1 aliphatic carbocycles. The van der Waals surface area contributed by atoms with Crippen LogP contribution < -0.4 is 15.4 Å². The normalized spacial score (nSPS) is 17.6. The number of aryl methyl sites for hydroxylation is 1. The molecule has 31 heavy (non-hydrogen) atoms. The highest BCUT2D eigenvalue weighted by molar-refractivity contribution is 6.17.